The van der Waals surface area contributed by atoms with Crippen LogP contribution in [0, 0.1) is 0 Å². The molecule has 2 aliphatic heterocycles. The summed E-state index contributed by atoms with van der Waals surface area (Å²) in [6.07, 6.45) is 6.57. The van der Waals surface area contributed by atoms with Gasteiger partial charge in [0.25, 0.3) is 11.8 Å². The number of hydrogen-bond acceptors (Lipinski definition) is 5. The Morgan fingerprint density at radius 3 is 2.40 bits per heavy atom. The topological polar surface area (TPSA) is 80.6 Å². The summed E-state index contributed by atoms with van der Waals surface area (Å²) < 4.78 is 7.34. The van der Waals surface area contributed by atoms with Gasteiger partial charge < -0.3 is 14.5 Å². The van der Waals surface area contributed by atoms with Crippen LogP contribution in [0.25, 0.3) is 0 Å². The van der Waals surface area contributed by atoms with Gasteiger partial charge in [-0.25, -0.2) is 4.68 Å². The molecule has 2 amide bonds. The highest BCUT2D eigenvalue weighted by molar-refractivity contribution is 6.30. The Bertz CT molecular complexity index is 871. The normalized spacial score (nSPS) is 17.8. The van der Waals surface area contributed by atoms with Crippen molar-refractivity contribution < 1.29 is 14.3 Å². The van der Waals surface area contributed by atoms with Crippen LogP contribution in [-0.4, -0.2) is 69.4 Å². The second kappa shape index (κ2) is 9.47. The summed E-state index contributed by atoms with van der Waals surface area (Å²) in [6, 6.07) is 7.09. The van der Waals surface area contributed by atoms with Crippen molar-refractivity contribution in [1.82, 2.24) is 24.8 Å². The van der Waals surface area contributed by atoms with Crippen LogP contribution in [0.1, 0.15) is 48.6 Å². The fourth-order valence-electron chi connectivity index (χ4n) is 3.96. The molecule has 2 fully saturated rings. The molecule has 0 spiro atoms. The molecule has 8 nitrogen and oxygen atoms in total. The fourth-order valence-corrected chi connectivity index (χ4v) is 4.09. The van der Waals surface area contributed by atoms with Crippen LogP contribution in [0.2, 0.25) is 5.02 Å². The molecule has 0 saturated carbocycles. The van der Waals surface area contributed by atoms with E-state index in [9.17, 15) is 9.59 Å². The van der Waals surface area contributed by atoms with E-state index in [1.807, 2.05) is 9.80 Å². The highest BCUT2D eigenvalue weighted by Gasteiger charge is 2.27. The third-order valence-corrected chi connectivity index (χ3v) is 5.99. The molecule has 1 aromatic heterocycles. The summed E-state index contributed by atoms with van der Waals surface area (Å²) in [5.41, 5.74) is 0.409. The molecule has 2 aliphatic rings. The number of piperidine rings is 2. The lowest BCUT2D eigenvalue weighted by atomic mass is 10.1. The maximum absolute atomic E-state index is 12.6. The molecule has 2 aromatic rings. The fraction of sp³-hybridized carbons (Fsp3) is 0.524. The molecular formula is C21H26ClN5O3. The van der Waals surface area contributed by atoms with Gasteiger partial charge in [-0.05, 0) is 56.4 Å². The zero-order valence-electron chi connectivity index (χ0n) is 16.9. The average molecular weight is 432 g/mol. The maximum Gasteiger partial charge on any atom is 0.276 e. The summed E-state index contributed by atoms with van der Waals surface area (Å²) in [5.74, 6) is 0.548. The highest BCUT2D eigenvalue weighted by Crippen LogP contribution is 2.23. The molecular weight excluding hydrogens is 406 g/mol. The third-order valence-electron chi connectivity index (χ3n) is 5.74. The predicted octanol–water partition coefficient (Wildman–Crippen LogP) is 2.80. The summed E-state index contributed by atoms with van der Waals surface area (Å²) in [7, 11) is 0. The zero-order valence-corrected chi connectivity index (χ0v) is 17.6. The zero-order chi connectivity index (χ0) is 20.9. The number of halogens is 1. The summed E-state index contributed by atoms with van der Waals surface area (Å²) in [6.45, 7) is 2.85. The van der Waals surface area contributed by atoms with Gasteiger partial charge in [0.1, 0.15) is 5.75 Å². The number of nitrogens with zero attached hydrogens (tertiary/aromatic N) is 5. The van der Waals surface area contributed by atoms with Gasteiger partial charge in [-0.3, -0.25) is 9.59 Å². The van der Waals surface area contributed by atoms with E-state index in [-0.39, 0.29) is 24.5 Å². The van der Waals surface area contributed by atoms with Gasteiger partial charge in [0, 0.05) is 31.2 Å². The smallest absolute Gasteiger partial charge is 0.276 e. The van der Waals surface area contributed by atoms with Crippen LogP contribution in [0.5, 0.6) is 5.75 Å². The van der Waals surface area contributed by atoms with Crippen molar-refractivity contribution in [2.24, 2.45) is 0 Å². The van der Waals surface area contributed by atoms with E-state index in [2.05, 4.69) is 10.3 Å². The number of carbonyl (C=O) groups is 2. The Morgan fingerprint density at radius 1 is 1.00 bits per heavy atom. The molecule has 4 rings (SSSR count). The molecule has 9 heteroatoms. The van der Waals surface area contributed by atoms with Crippen LogP contribution in [-0.2, 0) is 4.79 Å². The number of hydrogen-bond donors (Lipinski definition) is 0. The SMILES string of the molecule is O=C(COc1ccc(Cl)cc1)N1CCC(n2cc(C(=O)N3CCCCC3)nn2)CC1. The van der Waals surface area contributed by atoms with E-state index >= 15 is 0 Å². The lowest BCUT2D eigenvalue weighted by molar-refractivity contribution is -0.134. The predicted molar refractivity (Wildman–Crippen MR) is 112 cm³/mol. The molecule has 3 heterocycles. The van der Waals surface area contributed by atoms with Gasteiger partial charge in [0.05, 0.1) is 12.2 Å². The van der Waals surface area contributed by atoms with Crippen LogP contribution in [0.4, 0.5) is 0 Å². The van der Waals surface area contributed by atoms with E-state index in [1.54, 1.807) is 35.1 Å². The number of likely N-dealkylation sites (tertiary alicyclic amines) is 2. The largest absolute Gasteiger partial charge is 0.484 e. The second-order valence-corrected chi connectivity index (χ2v) is 8.23. The van der Waals surface area contributed by atoms with E-state index in [0.717, 1.165) is 38.8 Å². The standard InChI is InChI=1S/C21H26ClN5O3/c22-16-4-6-18(7-5-16)30-15-20(28)25-12-8-17(9-13-25)27-14-19(23-24-27)21(29)26-10-2-1-3-11-26/h4-7,14,17H,1-3,8-13,15H2. The molecule has 0 unspecified atom stereocenters. The number of ether oxygens (including phenoxy) is 1. The molecule has 0 aliphatic carbocycles. The Balaban J connectivity index is 1.26. The maximum atomic E-state index is 12.6. The van der Waals surface area contributed by atoms with E-state index in [1.165, 1.54) is 6.42 Å². The number of amides is 2. The summed E-state index contributed by atoms with van der Waals surface area (Å²) in [4.78, 5) is 28.7. The Morgan fingerprint density at radius 2 is 1.70 bits per heavy atom. The summed E-state index contributed by atoms with van der Waals surface area (Å²) >= 11 is 5.86. The van der Waals surface area contributed by atoms with Gasteiger partial charge in [-0.15, -0.1) is 5.10 Å². The van der Waals surface area contributed by atoms with Crippen molar-refractivity contribution in [3.05, 3.63) is 41.2 Å². The molecule has 30 heavy (non-hydrogen) atoms. The van der Waals surface area contributed by atoms with Crippen LogP contribution >= 0.6 is 11.6 Å². The van der Waals surface area contributed by atoms with Gasteiger partial charge >= 0.3 is 0 Å². The molecule has 160 valence electrons. The van der Waals surface area contributed by atoms with Crippen LogP contribution in [0.15, 0.2) is 30.5 Å². The van der Waals surface area contributed by atoms with E-state index in [4.69, 9.17) is 16.3 Å². The first-order valence-electron chi connectivity index (χ1n) is 10.5. The quantitative estimate of drug-likeness (QED) is 0.727. The lowest BCUT2D eigenvalue weighted by Gasteiger charge is -2.31. The Hall–Kier alpha value is -2.61. The Labute approximate surface area is 180 Å². The Kier molecular flexibility index (Phi) is 6.52. The van der Waals surface area contributed by atoms with Crippen molar-refractivity contribution in [3.8, 4) is 5.75 Å². The van der Waals surface area contributed by atoms with Gasteiger partial charge in [0.2, 0.25) is 0 Å². The van der Waals surface area contributed by atoms with Gasteiger partial charge in [-0.2, -0.15) is 0 Å². The van der Waals surface area contributed by atoms with Crippen LogP contribution in [0.3, 0.4) is 0 Å². The monoisotopic (exact) mass is 431 g/mol. The van der Waals surface area contributed by atoms with Crippen molar-refractivity contribution in [3.63, 3.8) is 0 Å². The van der Waals surface area contributed by atoms with Crippen molar-refractivity contribution in [2.75, 3.05) is 32.8 Å². The molecule has 0 N–H and O–H groups in total. The molecule has 2 saturated heterocycles. The molecule has 0 bridgehead atoms. The minimum Gasteiger partial charge on any atom is -0.484 e. The average Bonchev–Trinajstić information content (AvgIpc) is 3.29. The first-order valence-corrected chi connectivity index (χ1v) is 10.9. The van der Waals surface area contributed by atoms with E-state index in [0.29, 0.717) is 29.6 Å². The van der Waals surface area contributed by atoms with Crippen molar-refractivity contribution in [1.29, 1.82) is 0 Å². The number of benzene rings is 1. The number of rotatable bonds is 5. The first kappa shape index (κ1) is 20.7. The van der Waals surface area contributed by atoms with E-state index < -0.39 is 0 Å². The van der Waals surface area contributed by atoms with Crippen molar-refractivity contribution >= 4 is 23.4 Å². The molecule has 0 atom stereocenters. The summed E-state index contributed by atoms with van der Waals surface area (Å²) in [5, 5.41) is 8.92. The van der Waals surface area contributed by atoms with Gasteiger partial charge in [0.15, 0.2) is 12.3 Å². The number of aromatic nitrogens is 3. The minimum atomic E-state index is -0.0389. The number of carbonyl (C=O) groups excluding carboxylic acids is 2. The van der Waals surface area contributed by atoms with Crippen molar-refractivity contribution in [2.45, 2.75) is 38.1 Å². The lowest BCUT2D eigenvalue weighted by Crippen LogP contribution is -2.41. The minimum absolute atomic E-state index is 0.00408. The molecule has 1 aromatic carbocycles. The first-order chi connectivity index (χ1) is 14.6. The second-order valence-electron chi connectivity index (χ2n) is 7.79. The molecule has 0 radical (unpaired) electrons. The van der Waals surface area contributed by atoms with Crippen LogP contribution < -0.4 is 4.74 Å². The van der Waals surface area contributed by atoms with Gasteiger partial charge in [-0.1, -0.05) is 16.8 Å². The highest BCUT2D eigenvalue weighted by atomic mass is 35.5. The third kappa shape index (κ3) is 4.92.